The second-order valence-corrected chi connectivity index (χ2v) is 7.73. The van der Waals surface area contributed by atoms with E-state index in [9.17, 15) is 9.59 Å². The van der Waals surface area contributed by atoms with Gasteiger partial charge in [0.2, 0.25) is 5.91 Å². The summed E-state index contributed by atoms with van der Waals surface area (Å²) in [5, 5.41) is 5.49. The molecule has 0 radical (unpaired) electrons. The van der Waals surface area contributed by atoms with Gasteiger partial charge in [0.05, 0.1) is 24.3 Å². The van der Waals surface area contributed by atoms with Gasteiger partial charge in [0.1, 0.15) is 17.4 Å². The number of anilines is 1. The lowest BCUT2D eigenvalue weighted by molar-refractivity contribution is -0.115. The molecule has 0 aliphatic rings. The van der Waals surface area contributed by atoms with E-state index in [0.29, 0.717) is 30.2 Å². The zero-order valence-electron chi connectivity index (χ0n) is 17.2. The number of benzene rings is 2. The van der Waals surface area contributed by atoms with Crippen LogP contribution in [0.4, 0.5) is 5.69 Å². The molecule has 3 rings (SSSR count). The molecule has 0 atom stereocenters. The minimum Gasteiger partial charge on any atom is -0.486 e. The van der Waals surface area contributed by atoms with Crippen molar-refractivity contribution >= 4 is 28.9 Å². The van der Waals surface area contributed by atoms with Crippen LogP contribution < -0.4 is 10.1 Å². The van der Waals surface area contributed by atoms with Gasteiger partial charge < -0.3 is 14.8 Å². The Labute approximate surface area is 179 Å². The molecule has 0 aliphatic carbocycles. The van der Waals surface area contributed by atoms with Crippen molar-refractivity contribution in [2.24, 2.45) is 0 Å². The molecule has 30 heavy (non-hydrogen) atoms. The number of thiazole rings is 1. The lowest BCUT2D eigenvalue weighted by Crippen LogP contribution is -2.15. The van der Waals surface area contributed by atoms with E-state index < -0.39 is 0 Å². The molecule has 0 saturated carbocycles. The summed E-state index contributed by atoms with van der Waals surface area (Å²) < 4.78 is 10.7. The second-order valence-electron chi connectivity index (χ2n) is 6.79. The SMILES string of the molecule is CCOC(=O)c1ccc(NC(=O)Cc2csc(COc3ccc(C)c(C)c3)n2)cc1. The highest BCUT2D eigenvalue weighted by Crippen LogP contribution is 2.19. The van der Waals surface area contributed by atoms with Crippen molar-refractivity contribution in [3.05, 3.63) is 75.2 Å². The van der Waals surface area contributed by atoms with Crippen LogP contribution in [0.15, 0.2) is 47.8 Å². The average molecular weight is 425 g/mol. The van der Waals surface area contributed by atoms with Crippen molar-refractivity contribution in [2.45, 2.75) is 33.8 Å². The predicted octanol–water partition coefficient (Wildman–Crippen LogP) is 4.70. The smallest absolute Gasteiger partial charge is 0.338 e. The van der Waals surface area contributed by atoms with E-state index in [2.05, 4.69) is 17.2 Å². The van der Waals surface area contributed by atoms with Crippen molar-refractivity contribution in [3.63, 3.8) is 0 Å². The van der Waals surface area contributed by atoms with Crippen LogP contribution in [-0.2, 0) is 22.6 Å². The third kappa shape index (κ3) is 5.90. The average Bonchev–Trinajstić information content (AvgIpc) is 3.16. The van der Waals surface area contributed by atoms with Gasteiger partial charge in [-0.2, -0.15) is 0 Å². The van der Waals surface area contributed by atoms with E-state index in [4.69, 9.17) is 9.47 Å². The third-order valence-corrected chi connectivity index (χ3v) is 5.33. The van der Waals surface area contributed by atoms with Gasteiger partial charge >= 0.3 is 5.97 Å². The summed E-state index contributed by atoms with van der Waals surface area (Å²) in [7, 11) is 0. The Morgan fingerprint density at radius 1 is 1.07 bits per heavy atom. The number of hydrogen-bond donors (Lipinski definition) is 1. The molecule has 3 aromatic rings. The molecule has 1 N–H and O–H groups in total. The highest BCUT2D eigenvalue weighted by atomic mass is 32.1. The van der Waals surface area contributed by atoms with Gasteiger partial charge in [-0.05, 0) is 68.3 Å². The maximum atomic E-state index is 12.3. The summed E-state index contributed by atoms with van der Waals surface area (Å²) >= 11 is 1.47. The van der Waals surface area contributed by atoms with Gasteiger partial charge in [0.15, 0.2) is 0 Å². The van der Waals surface area contributed by atoms with Crippen molar-refractivity contribution in [1.82, 2.24) is 4.98 Å². The first-order chi connectivity index (χ1) is 14.4. The topological polar surface area (TPSA) is 77.5 Å². The first kappa shape index (κ1) is 21.5. The largest absolute Gasteiger partial charge is 0.486 e. The van der Waals surface area contributed by atoms with Crippen LogP contribution in [-0.4, -0.2) is 23.5 Å². The van der Waals surface area contributed by atoms with E-state index in [0.717, 1.165) is 10.8 Å². The molecule has 0 aliphatic heterocycles. The Morgan fingerprint density at radius 3 is 2.53 bits per heavy atom. The summed E-state index contributed by atoms with van der Waals surface area (Å²) in [6.07, 6.45) is 0.166. The number of hydrogen-bond acceptors (Lipinski definition) is 6. The molecule has 1 amide bonds. The van der Waals surface area contributed by atoms with Crippen LogP contribution in [0.25, 0.3) is 0 Å². The molecule has 7 heteroatoms. The van der Waals surface area contributed by atoms with Crippen LogP contribution in [0, 0.1) is 13.8 Å². The molecule has 0 spiro atoms. The number of nitrogens with one attached hydrogen (secondary N) is 1. The van der Waals surface area contributed by atoms with Crippen LogP contribution in [0.3, 0.4) is 0 Å². The number of nitrogens with zero attached hydrogens (tertiary/aromatic N) is 1. The van der Waals surface area contributed by atoms with E-state index in [1.165, 1.54) is 22.5 Å². The van der Waals surface area contributed by atoms with E-state index in [1.54, 1.807) is 31.2 Å². The van der Waals surface area contributed by atoms with E-state index in [-0.39, 0.29) is 18.3 Å². The van der Waals surface area contributed by atoms with Crippen molar-refractivity contribution in [2.75, 3.05) is 11.9 Å². The fourth-order valence-corrected chi connectivity index (χ4v) is 3.42. The molecule has 6 nitrogen and oxygen atoms in total. The Balaban J connectivity index is 1.50. The number of carbonyl (C=O) groups is 2. The quantitative estimate of drug-likeness (QED) is 0.531. The lowest BCUT2D eigenvalue weighted by Gasteiger charge is -2.07. The molecule has 0 fully saturated rings. The van der Waals surface area contributed by atoms with Crippen LogP contribution >= 0.6 is 11.3 Å². The van der Waals surface area contributed by atoms with Crippen molar-refractivity contribution in [3.8, 4) is 5.75 Å². The molecule has 2 aromatic carbocycles. The Bertz CT molecular complexity index is 1030. The number of aromatic nitrogens is 1. The van der Waals surface area contributed by atoms with Crippen LogP contribution in [0.1, 0.15) is 39.1 Å². The lowest BCUT2D eigenvalue weighted by atomic mass is 10.1. The van der Waals surface area contributed by atoms with E-state index in [1.807, 2.05) is 30.5 Å². The zero-order valence-corrected chi connectivity index (χ0v) is 18.0. The number of esters is 1. The normalized spacial score (nSPS) is 10.5. The monoisotopic (exact) mass is 424 g/mol. The number of amides is 1. The number of ether oxygens (including phenoxy) is 2. The Kier molecular flexibility index (Phi) is 7.19. The minimum absolute atomic E-state index is 0.166. The summed E-state index contributed by atoms with van der Waals surface area (Å²) in [4.78, 5) is 28.4. The standard InChI is InChI=1S/C23H24N2O4S/c1-4-28-23(27)17-6-8-18(9-7-17)24-21(26)12-19-14-30-22(25-19)13-29-20-10-5-15(2)16(3)11-20/h5-11,14H,4,12-13H2,1-3H3,(H,24,26). The van der Waals surface area contributed by atoms with Crippen molar-refractivity contribution in [1.29, 1.82) is 0 Å². The molecule has 1 heterocycles. The molecule has 156 valence electrons. The van der Waals surface area contributed by atoms with Gasteiger partial charge in [-0.15, -0.1) is 11.3 Å². The third-order valence-electron chi connectivity index (χ3n) is 4.46. The van der Waals surface area contributed by atoms with Crippen molar-refractivity contribution < 1.29 is 19.1 Å². The maximum Gasteiger partial charge on any atom is 0.338 e. The van der Waals surface area contributed by atoms with Gasteiger partial charge in [0, 0.05) is 11.1 Å². The summed E-state index contributed by atoms with van der Waals surface area (Å²) in [5.41, 5.74) is 4.16. The Morgan fingerprint density at radius 2 is 1.83 bits per heavy atom. The maximum absolute atomic E-state index is 12.3. The molecule has 1 aromatic heterocycles. The van der Waals surface area contributed by atoms with Crippen LogP contribution in [0.2, 0.25) is 0 Å². The highest BCUT2D eigenvalue weighted by Gasteiger charge is 2.10. The first-order valence-electron chi connectivity index (χ1n) is 9.65. The van der Waals surface area contributed by atoms with Crippen LogP contribution in [0.5, 0.6) is 5.75 Å². The van der Waals surface area contributed by atoms with Gasteiger partial charge in [-0.1, -0.05) is 6.07 Å². The predicted molar refractivity (Wildman–Crippen MR) is 117 cm³/mol. The summed E-state index contributed by atoms with van der Waals surface area (Å²) in [6, 6.07) is 12.6. The van der Waals surface area contributed by atoms with Gasteiger partial charge in [-0.25, -0.2) is 9.78 Å². The summed E-state index contributed by atoms with van der Waals surface area (Å²) in [5.74, 6) is 0.248. The fourth-order valence-electron chi connectivity index (χ4n) is 2.72. The molecule has 0 unspecified atom stereocenters. The van der Waals surface area contributed by atoms with E-state index >= 15 is 0 Å². The second kappa shape index (κ2) is 10.0. The molecule has 0 bridgehead atoms. The van der Waals surface area contributed by atoms with Gasteiger partial charge in [-0.3, -0.25) is 4.79 Å². The fraction of sp³-hybridized carbons (Fsp3) is 0.261. The number of rotatable bonds is 8. The molecular formula is C23H24N2O4S. The summed E-state index contributed by atoms with van der Waals surface area (Å²) in [6.45, 7) is 6.55. The minimum atomic E-state index is -0.381. The zero-order chi connectivity index (χ0) is 21.5. The number of aryl methyl sites for hydroxylation is 2. The highest BCUT2D eigenvalue weighted by molar-refractivity contribution is 7.09. The molecular weight excluding hydrogens is 400 g/mol. The van der Waals surface area contributed by atoms with Gasteiger partial charge in [0.25, 0.3) is 0 Å². The first-order valence-corrected chi connectivity index (χ1v) is 10.5. The Hall–Kier alpha value is -3.19. The number of carbonyl (C=O) groups excluding carboxylic acids is 2. The molecule has 0 saturated heterocycles.